The van der Waals surface area contributed by atoms with Gasteiger partial charge in [-0.3, -0.25) is 4.98 Å². The van der Waals surface area contributed by atoms with Gasteiger partial charge in [-0.2, -0.15) is 0 Å². The molecule has 3 fully saturated rings. The summed E-state index contributed by atoms with van der Waals surface area (Å²) in [7, 11) is 0. The highest BCUT2D eigenvalue weighted by atomic mass is 14.8. The molecule has 1 heteroatoms. The number of nitrogens with zero attached hydrogens (tertiary/aromatic N) is 1. The fourth-order valence-corrected chi connectivity index (χ4v) is 3.53. The SMILES string of the molecule is CC(C)(C)C12CC(c3ccccn3)(C1)C2. The Morgan fingerprint density at radius 1 is 1.13 bits per heavy atom. The predicted molar refractivity (Wildman–Crippen MR) is 61.7 cm³/mol. The lowest BCUT2D eigenvalue weighted by atomic mass is 9.29. The fourth-order valence-electron chi connectivity index (χ4n) is 3.53. The van der Waals surface area contributed by atoms with Crippen LogP contribution in [0.25, 0.3) is 0 Å². The molecule has 1 nitrogen and oxygen atoms in total. The Balaban J connectivity index is 1.82. The summed E-state index contributed by atoms with van der Waals surface area (Å²) >= 11 is 0. The summed E-state index contributed by atoms with van der Waals surface area (Å²) in [5.41, 5.74) is 2.90. The lowest BCUT2D eigenvalue weighted by Crippen LogP contribution is -2.69. The maximum Gasteiger partial charge on any atom is 0.0465 e. The zero-order chi connectivity index (χ0) is 10.7. The van der Waals surface area contributed by atoms with Crippen LogP contribution < -0.4 is 0 Å². The van der Waals surface area contributed by atoms with E-state index in [2.05, 4.69) is 37.9 Å². The molecule has 0 spiro atoms. The highest BCUT2D eigenvalue weighted by molar-refractivity contribution is 5.35. The molecule has 3 aliphatic carbocycles. The summed E-state index contributed by atoms with van der Waals surface area (Å²) in [4.78, 5) is 4.52. The zero-order valence-corrected chi connectivity index (χ0v) is 9.88. The summed E-state index contributed by atoms with van der Waals surface area (Å²) < 4.78 is 0. The Kier molecular flexibility index (Phi) is 1.53. The van der Waals surface area contributed by atoms with Crippen LogP contribution in [0, 0.1) is 10.8 Å². The van der Waals surface area contributed by atoms with E-state index in [1.807, 2.05) is 12.3 Å². The van der Waals surface area contributed by atoms with Gasteiger partial charge in [0.2, 0.25) is 0 Å². The topological polar surface area (TPSA) is 12.9 Å². The third-order valence-electron chi connectivity index (χ3n) is 4.83. The number of hydrogen-bond donors (Lipinski definition) is 0. The highest BCUT2D eigenvalue weighted by Crippen LogP contribution is 2.78. The highest BCUT2D eigenvalue weighted by Gasteiger charge is 2.72. The molecule has 0 atom stereocenters. The van der Waals surface area contributed by atoms with Crippen molar-refractivity contribution in [1.82, 2.24) is 4.98 Å². The van der Waals surface area contributed by atoms with Gasteiger partial charge in [0.1, 0.15) is 0 Å². The maximum atomic E-state index is 4.52. The summed E-state index contributed by atoms with van der Waals surface area (Å²) in [6, 6.07) is 6.33. The van der Waals surface area contributed by atoms with Crippen molar-refractivity contribution in [2.75, 3.05) is 0 Å². The number of hydrogen-bond acceptors (Lipinski definition) is 1. The van der Waals surface area contributed by atoms with Crippen molar-refractivity contribution in [3.63, 3.8) is 0 Å². The van der Waals surface area contributed by atoms with Crippen LogP contribution in [0.3, 0.4) is 0 Å². The van der Waals surface area contributed by atoms with E-state index >= 15 is 0 Å². The number of pyridine rings is 1. The molecular weight excluding hydrogens is 182 g/mol. The zero-order valence-electron chi connectivity index (χ0n) is 9.88. The molecule has 1 aromatic rings. The molecule has 3 saturated carbocycles. The van der Waals surface area contributed by atoms with Crippen molar-refractivity contribution < 1.29 is 0 Å². The summed E-state index contributed by atoms with van der Waals surface area (Å²) in [5, 5.41) is 0. The molecule has 0 radical (unpaired) electrons. The minimum Gasteiger partial charge on any atom is -0.261 e. The second-order valence-electron chi connectivity index (χ2n) is 6.56. The van der Waals surface area contributed by atoms with E-state index in [4.69, 9.17) is 0 Å². The standard InChI is InChI=1S/C14H19N/c1-12(2,3)14-8-13(9-14,10-14)11-6-4-5-7-15-11/h4-7H,8-10H2,1-3H3. The van der Waals surface area contributed by atoms with Gasteiger partial charge in [-0.15, -0.1) is 0 Å². The molecule has 15 heavy (non-hydrogen) atoms. The van der Waals surface area contributed by atoms with Gasteiger partial charge in [0.05, 0.1) is 0 Å². The second-order valence-corrected chi connectivity index (χ2v) is 6.56. The third-order valence-corrected chi connectivity index (χ3v) is 4.83. The molecule has 0 N–H and O–H groups in total. The van der Waals surface area contributed by atoms with Crippen LogP contribution in [0.2, 0.25) is 0 Å². The van der Waals surface area contributed by atoms with E-state index in [1.165, 1.54) is 25.0 Å². The van der Waals surface area contributed by atoms with Gasteiger partial charge >= 0.3 is 0 Å². The van der Waals surface area contributed by atoms with E-state index in [0.717, 1.165) is 0 Å². The van der Waals surface area contributed by atoms with Crippen molar-refractivity contribution >= 4 is 0 Å². The van der Waals surface area contributed by atoms with Crippen LogP contribution in [-0.4, -0.2) is 4.98 Å². The van der Waals surface area contributed by atoms with Crippen molar-refractivity contribution in [2.45, 2.75) is 45.4 Å². The van der Waals surface area contributed by atoms with Gasteiger partial charge in [0.15, 0.2) is 0 Å². The van der Waals surface area contributed by atoms with Crippen molar-refractivity contribution in [1.29, 1.82) is 0 Å². The lowest BCUT2D eigenvalue weighted by Gasteiger charge is -2.75. The Hall–Kier alpha value is -0.850. The molecule has 0 saturated heterocycles. The predicted octanol–water partition coefficient (Wildman–Crippen LogP) is 3.55. The van der Waals surface area contributed by atoms with Gasteiger partial charge in [0, 0.05) is 17.3 Å². The monoisotopic (exact) mass is 201 g/mol. The average Bonchev–Trinajstić information content (AvgIpc) is 1.98. The molecule has 3 aliphatic rings. The van der Waals surface area contributed by atoms with E-state index in [9.17, 15) is 0 Å². The Morgan fingerprint density at radius 3 is 2.27 bits per heavy atom. The first-order chi connectivity index (χ1) is 6.98. The molecule has 1 heterocycles. The maximum absolute atomic E-state index is 4.52. The van der Waals surface area contributed by atoms with Gasteiger partial charge in [-0.05, 0) is 42.2 Å². The number of aromatic nitrogens is 1. The molecule has 80 valence electrons. The molecule has 1 aromatic heterocycles. The van der Waals surface area contributed by atoms with Gasteiger partial charge in [-0.1, -0.05) is 26.8 Å². The van der Waals surface area contributed by atoms with Crippen LogP contribution in [-0.2, 0) is 5.41 Å². The van der Waals surface area contributed by atoms with Crippen molar-refractivity contribution in [3.8, 4) is 0 Å². The lowest BCUT2D eigenvalue weighted by molar-refractivity contribution is -0.210. The van der Waals surface area contributed by atoms with Gasteiger partial charge in [-0.25, -0.2) is 0 Å². The van der Waals surface area contributed by atoms with E-state index in [-0.39, 0.29) is 0 Å². The number of rotatable bonds is 1. The summed E-state index contributed by atoms with van der Waals surface area (Å²) in [6.07, 6.45) is 6.01. The van der Waals surface area contributed by atoms with Gasteiger partial charge in [0.25, 0.3) is 0 Å². The normalized spacial score (nSPS) is 38.1. The molecule has 0 unspecified atom stereocenters. The Morgan fingerprint density at radius 2 is 1.80 bits per heavy atom. The average molecular weight is 201 g/mol. The van der Waals surface area contributed by atoms with Crippen molar-refractivity contribution in [3.05, 3.63) is 30.1 Å². The first kappa shape index (κ1) is 9.38. The molecule has 2 bridgehead atoms. The van der Waals surface area contributed by atoms with E-state index in [1.54, 1.807) is 0 Å². The third kappa shape index (κ3) is 1.01. The first-order valence-electron chi connectivity index (χ1n) is 5.89. The van der Waals surface area contributed by atoms with Crippen LogP contribution in [0.1, 0.15) is 45.7 Å². The fraction of sp³-hybridized carbons (Fsp3) is 0.643. The first-order valence-corrected chi connectivity index (χ1v) is 5.89. The van der Waals surface area contributed by atoms with Gasteiger partial charge < -0.3 is 0 Å². The molecular formula is C14H19N. The Bertz CT molecular complexity index is 366. The van der Waals surface area contributed by atoms with Crippen molar-refractivity contribution in [2.24, 2.45) is 10.8 Å². The van der Waals surface area contributed by atoms with E-state index < -0.39 is 0 Å². The van der Waals surface area contributed by atoms with Crippen LogP contribution >= 0.6 is 0 Å². The van der Waals surface area contributed by atoms with E-state index in [0.29, 0.717) is 16.2 Å². The Labute approximate surface area is 91.9 Å². The minimum atomic E-state index is 0.467. The molecule has 0 aromatic carbocycles. The molecule has 0 amide bonds. The largest absolute Gasteiger partial charge is 0.261 e. The molecule has 0 aliphatic heterocycles. The quantitative estimate of drug-likeness (QED) is 0.677. The minimum absolute atomic E-state index is 0.467. The smallest absolute Gasteiger partial charge is 0.0465 e. The summed E-state index contributed by atoms with van der Waals surface area (Å²) in [5.74, 6) is 0. The van der Waals surface area contributed by atoms with Crippen LogP contribution in [0.4, 0.5) is 0 Å². The summed E-state index contributed by atoms with van der Waals surface area (Å²) in [6.45, 7) is 7.15. The second kappa shape index (κ2) is 2.45. The molecule has 4 rings (SSSR count). The van der Waals surface area contributed by atoms with Crippen LogP contribution in [0.5, 0.6) is 0 Å². The van der Waals surface area contributed by atoms with Crippen LogP contribution in [0.15, 0.2) is 24.4 Å².